The summed E-state index contributed by atoms with van der Waals surface area (Å²) in [6.45, 7) is 0.995. The average molecular weight is 223 g/mol. The van der Waals surface area contributed by atoms with Gasteiger partial charge in [-0.2, -0.15) is 0 Å². The fourth-order valence-corrected chi connectivity index (χ4v) is 1.55. The zero-order chi connectivity index (χ0) is 12.0. The van der Waals surface area contributed by atoms with Crippen LogP contribution in [0.5, 0.6) is 0 Å². The summed E-state index contributed by atoms with van der Waals surface area (Å²) in [6, 6.07) is 4.11. The van der Waals surface area contributed by atoms with E-state index < -0.39 is 0 Å². The third-order valence-corrected chi connectivity index (χ3v) is 2.55. The van der Waals surface area contributed by atoms with Crippen LogP contribution in [0.3, 0.4) is 0 Å². The molecule has 1 heterocycles. The number of pyridine rings is 1. The maximum absolute atomic E-state index is 5.79. The lowest BCUT2D eigenvalue weighted by molar-refractivity contribution is 0.358. The van der Waals surface area contributed by atoms with Crippen LogP contribution in [0.15, 0.2) is 18.3 Å². The van der Waals surface area contributed by atoms with Gasteiger partial charge in [0.15, 0.2) is 0 Å². The first kappa shape index (κ1) is 12.9. The zero-order valence-electron chi connectivity index (χ0n) is 9.98. The van der Waals surface area contributed by atoms with E-state index in [-0.39, 0.29) is 6.04 Å². The van der Waals surface area contributed by atoms with Gasteiger partial charge in [0.2, 0.25) is 0 Å². The van der Waals surface area contributed by atoms with Gasteiger partial charge in [0, 0.05) is 12.2 Å². The average Bonchev–Trinajstić information content (AvgIpc) is 2.26. The first-order valence-electron chi connectivity index (χ1n) is 5.43. The van der Waals surface area contributed by atoms with Crippen molar-refractivity contribution in [3.05, 3.63) is 23.9 Å². The number of hydrazine groups is 1. The van der Waals surface area contributed by atoms with Gasteiger partial charge >= 0.3 is 0 Å². The van der Waals surface area contributed by atoms with Crippen molar-refractivity contribution in [2.75, 3.05) is 26.4 Å². The summed E-state index contributed by atoms with van der Waals surface area (Å²) in [6.07, 6.45) is 3.49. The topological polar surface area (TPSA) is 80.2 Å². The number of anilines is 1. The second-order valence-electron chi connectivity index (χ2n) is 4.21. The number of nitrogens with one attached hydrogen (secondary N) is 1. The lowest BCUT2D eigenvalue weighted by Crippen LogP contribution is -2.39. The van der Waals surface area contributed by atoms with Crippen molar-refractivity contribution >= 4 is 5.82 Å². The molecule has 1 aromatic heterocycles. The highest BCUT2D eigenvalue weighted by molar-refractivity contribution is 5.38. The van der Waals surface area contributed by atoms with Crippen LogP contribution in [-0.4, -0.2) is 36.6 Å². The van der Waals surface area contributed by atoms with E-state index >= 15 is 0 Å². The van der Waals surface area contributed by atoms with Gasteiger partial charge in [-0.25, -0.2) is 4.98 Å². The van der Waals surface area contributed by atoms with E-state index in [1.165, 1.54) is 0 Å². The quantitative estimate of drug-likeness (QED) is 0.467. The number of nitrogens with zero attached hydrogens (tertiary/aromatic N) is 2. The molecule has 0 spiro atoms. The fraction of sp³-hybridized carbons (Fsp3) is 0.545. The molecule has 5 nitrogen and oxygen atoms in total. The Kier molecular flexibility index (Phi) is 5.18. The molecule has 0 saturated carbocycles. The SMILES string of the molecule is CN(C)CCC(Cc1cccnc1N)NN. The fourth-order valence-electron chi connectivity index (χ4n) is 1.55. The van der Waals surface area contributed by atoms with Crippen LogP contribution in [0.4, 0.5) is 5.82 Å². The zero-order valence-corrected chi connectivity index (χ0v) is 9.98. The van der Waals surface area contributed by atoms with E-state index in [1.807, 2.05) is 26.2 Å². The minimum atomic E-state index is 0.230. The van der Waals surface area contributed by atoms with Crippen LogP contribution in [0.1, 0.15) is 12.0 Å². The van der Waals surface area contributed by atoms with Gasteiger partial charge in [-0.15, -0.1) is 0 Å². The molecule has 1 aromatic rings. The molecule has 0 aliphatic heterocycles. The minimum Gasteiger partial charge on any atom is -0.383 e. The van der Waals surface area contributed by atoms with Crippen molar-refractivity contribution in [2.24, 2.45) is 5.84 Å². The Hall–Kier alpha value is -1.17. The normalized spacial score (nSPS) is 13.0. The van der Waals surface area contributed by atoms with Crippen molar-refractivity contribution in [1.29, 1.82) is 0 Å². The van der Waals surface area contributed by atoms with Crippen molar-refractivity contribution in [2.45, 2.75) is 18.9 Å². The number of nitrogens with two attached hydrogens (primary N) is 2. The molecule has 1 unspecified atom stereocenters. The summed E-state index contributed by atoms with van der Waals surface area (Å²) in [7, 11) is 4.10. The molecule has 0 fully saturated rings. The first-order chi connectivity index (χ1) is 7.63. The Morgan fingerprint density at radius 2 is 2.25 bits per heavy atom. The monoisotopic (exact) mass is 223 g/mol. The number of nitrogen functional groups attached to an aromatic ring is 1. The van der Waals surface area contributed by atoms with Crippen LogP contribution in [0.25, 0.3) is 0 Å². The molecule has 0 bridgehead atoms. The summed E-state index contributed by atoms with van der Waals surface area (Å²) in [4.78, 5) is 6.20. The molecule has 16 heavy (non-hydrogen) atoms. The third kappa shape index (κ3) is 4.14. The van der Waals surface area contributed by atoms with Gasteiger partial charge in [0.1, 0.15) is 5.82 Å². The molecular weight excluding hydrogens is 202 g/mol. The minimum absolute atomic E-state index is 0.230. The number of rotatable bonds is 6. The van der Waals surface area contributed by atoms with Gasteiger partial charge < -0.3 is 10.6 Å². The smallest absolute Gasteiger partial charge is 0.126 e. The third-order valence-electron chi connectivity index (χ3n) is 2.55. The molecule has 90 valence electrons. The lowest BCUT2D eigenvalue weighted by atomic mass is 10.0. The summed E-state index contributed by atoms with van der Waals surface area (Å²) < 4.78 is 0. The molecular formula is C11H21N5. The van der Waals surface area contributed by atoms with E-state index in [0.717, 1.165) is 24.9 Å². The molecule has 0 amide bonds. The Labute approximate surface area is 96.8 Å². The molecule has 0 aromatic carbocycles. The Morgan fingerprint density at radius 1 is 1.50 bits per heavy atom. The highest BCUT2D eigenvalue weighted by Gasteiger charge is 2.10. The van der Waals surface area contributed by atoms with Gasteiger partial charge in [0.25, 0.3) is 0 Å². The highest BCUT2D eigenvalue weighted by atomic mass is 15.2. The predicted molar refractivity (Wildman–Crippen MR) is 66.6 cm³/mol. The van der Waals surface area contributed by atoms with E-state index in [2.05, 4.69) is 15.3 Å². The van der Waals surface area contributed by atoms with E-state index in [9.17, 15) is 0 Å². The Balaban J connectivity index is 2.53. The summed E-state index contributed by atoms with van der Waals surface area (Å²) >= 11 is 0. The molecule has 0 aliphatic rings. The maximum atomic E-state index is 5.79. The van der Waals surface area contributed by atoms with Crippen molar-refractivity contribution in [1.82, 2.24) is 15.3 Å². The maximum Gasteiger partial charge on any atom is 0.126 e. The Morgan fingerprint density at radius 3 is 2.81 bits per heavy atom. The predicted octanol–water partition coefficient (Wildman–Crippen LogP) is -0.0101. The standard InChI is InChI=1S/C11H21N5/c1-16(2)7-5-10(15-13)8-9-4-3-6-14-11(9)12/h3-4,6,10,15H,5,7-8,13H2,1-2H3,(H2,12,14). The molecule has 0 aliphatic carbocycles. The van der Waals surface area contributed by atoms with Crippen LogP contribution >= 0.6 is 0 Å². The largest absolute Gasteiger partial charge is 0.383 e. The van der Waals surface area contributed by atoms with Crippen LogP contribution in [0, 0.1) is 0 Å². The first-order valence-corrected chi connectivity index (χ1v) is 5.43. The van der Waals surface area contributed by atoms with Gasteiger partial charge in [0.05, 0.1) is 0 Å². The highest BCUT2D eigenvalue weighted by Crippen LogP contribution is 2.11. The van der Waals surface area contributed by atoms with Crippen LogP contribution < -0.4 is 17.0 Å². The lowest BCUT2D eigenvalue weighted by Gasteiger charge is -2.18. The second-order valence-corrected chi connectivity index (χ2v) is 4.21. The number of aromatic nitrogens is 1. The molecule has 0 saturated heterocycles. The van der Waals surface area contributed by atoms with Crippen LogP contribution in [-0.2, 0) is 6.42 Å². The Bertz CT molecular complexity index is 313. The van der Waals surface area contributed by atoms with Crippen LogP contribution in [0.2, 0.25) is 0 Å². The van der Waals surface area contributed by atoms with E-state index in [0.29, 0.717) is 5.82 Å². The molecule has 5 heteroatoms. The molecule has 1 rings (SSSR count). The van der Waals surface area contributed by atoms with Crippen molar-refractivity contribution in [3.63, 3.8) is 0 Å². The second kappa shape index (κ2) is 6.42. The van der Waals surface area contributed by atoms with Gasteiger partial charge in [-0.1, -0.05) is 6.07 Å². The summed E-state index contributed by atoms with van der Waals surface area (Å²) in [5, 5.41) is 0. The van der Waals surface area contributed by atoms with Crippen molar-refractivity contribution in [3.8, 4) is 0 Å². The van der Waals surface area contributed by atoms with Gasteiger partial charge in [-0.3, -0.25) is 11.3 Å². The van der Waals surface area contributed by atoms with Gasteiger partial charge in [-0.05, 0) is 45.1 Å². The molecule has 1 atom stereocenters. The summed E-state index contributed by atoms with van der Waals surface area (Å²) in [5.41, 5.74) is 9.66. The molecule has 5 N–H and O–H groups in total. The number of hydrogen-bond acceptors (Lipinski definition) is 5. The molecule has 0 radical (unpaired) electrons. The van der Waals surface area contributed by atoms with E-state index in [1.54, 1.807) is 6.20 Å². The van der Waals surface area contributed by atoms with E-state index in [4.69, 9.17) is 11.6 Å². The van der Waals surface area contributed by atoms with Crippen molar-refractivity contribution < 1.29 is 0 Å². The summed E-state index contributed by atoms with van der Waals surface area (Å²) in [5.74, 6) is 6.12. The number of hydrogen-bond donors (Lipinski definition) is 3.